The van der Waals surface area contributed by atoms with Crippen LogP contribution in [0.5, 0.6) is 34.5 Å². The fourth-order valence-corrected chi connectivity index (χ4v) is 9.73. The zero-order valence-electron chi connectivity index (χ0n) is 42.3. The van der Waals surface area contributed by atoms with Crippen molar-refractivity contribution in [1.29, 1.82) is 0 Å². The van der Waals surface area contributed by atoms with Crippen LogP contribution in [0.4, 0.5) is 11.4 Å². The maximum atomic E-state index is 13.6. The Morgan fingerprint density at radius 2 is 0.750 bits per heavy atom. The molecule has 0 aliphatic carbocycles. The minimum Gasteiger partial charge on any atom is -0.486 e. The number of rotatable bonds is 14. The summed E-state index contributed by atoms with van der Waals surface area (Å²) < 4.78 is 38.0. The van der Waals surface area contributed by atoms with E-state index in [0.29, 0.717) is 62.5 Å². The Bertz CT molecular complexity index is 3090. The second-order valence-electron chi connectivity index (χ2n) is 18.9. The van der Waals surface area contributed by atoms with Crippen LogP contribution in [0.3, 0.4) is 0 Å². The van der Waals surface area contributed by atoms with Crippen LogP contribution in [0.15, 0.2) is 180 Å². The van der Waals surface area contributed by atoms with Crippen molar-refractivity contribution in [2.24, 2.45) is 0 Å². The van der Waals surface area contributed by atoms with Gasteiger partial charge in [0.25, 0.3) is 0 Å². The maximum Gasteiger partial charge on any atom is 0.316 e. The average Bonchev–Trinajstić information content (AvgIpc) is 3.49. The molecule has 6 aromatic carbocycles. The van der Waals surface area contributed by atoms with E-state index in [1.54, 1.807) is 12.4 Å². The van der Waals surface area contributed by atoms with Gasteiger partial charge in [0.1, 0.15) is 51.0 Å². The van der Waals surface area contributed by atoms with Crippen LogP contribution in [0, 0.1) is 0 Å². The van der Waals surface area contributed by atoms with Gasteiger partial charge in [-0.15, -0.1) is 0 Å². The van der Waals surface area contributed by atoms with Crippen LogP contribution in [0.1, 0.15) is 22.3 Å². The number of para-hydroxylation sites is 2. The summed E-state index contributed by atoms with van der Waals surface area (Å²) in [6.07, 6.45) is 3.51. The molecule has 8 aromatic rings. The number of nitrogens with zero attached hydrogens (tertiary/aromatic N) is 8. The first-order valence-electron chi connectivity index (χ1n) is 25.9. The standard InChI is InChI=1S/2C30H30N4O4/c2*35-30-29(38-22-23-7-3-1-4-8-23)26(20-31-34(30)25-9-5-2-6-10-25)33-15-13-32(14-16-33)21-24-11-12-27-28(19-24)37-18-17-36-27/h2*1-12,19-20H,13-18,21-22H2. The molecule has 0 amide bonds. The summed E-state index contributed by atoms with van der Waals surface area (Å²) in [5.74, 6) is 3.91. The van der Waals surface area contributed by atoms with E-state index in [0.717, 1.165) is 111 Å². The Labute approximate surface area is 441 Å². The van der Waals surface area contributed by atoms with E-state index in [1.165, 1.54) is 20.5 Å². The summed E-state index contributed by atoms with van der Waals surface area (Å²) in [6, 6.07) is 51.0. The van der Waals surface area contributed by atoms with Gasteiger partial charge in [-0.3, -0.25) is 19.4 Å². The fraction of sp³-hybridized carbons (Fsp3) is 0.267. The smallest absolute Gasteiger partial charge is 0.316 e. The van der Waals surface area contributed by atoms with Crippen molar-refractivity contribution in [2.75, 3.05) is 88.6 Å². The molecule has 2 aromatic heterocycles. The highest BCUT2D eigenvalue weighted by atomic mass is 16.6. The molecule has 76 heavy (non-hydrogen) atoms. The summed E-state index contributed by atoms with van der Waals surface area (Å²) in [6.45, 7) is 11.1. The molecule has 12 rings (SSSR count). The molecular formula is C60H60N8O8. The van der Waals surface area contributed by atoms with Gasteiger partial charge in [-0.25, -0.2) is 0 Å². The first-order chi connectivity index (χ1) is 37.5. The van der Waals surface area contributed by atoms with Crippen LogP contribution in [-0.2, 0) is 26.3 Å². The third-order valence-corrected chi connectivity index (χ3v) is 13.7. The topological polar surface area (TPSA) is 138 Å². The highest BCUT2D eigenvalue weighted by Gasteiger charge is 2.27. The van der Waals surface area contributed by atoms with Crippen molar-refractivity contribution < 1.29 is 28.4 Å². The lowest BCUT2D eigenvalue weighted by atomic mass is 10.1. The van der Waals surface area contributed by atoms with E-state index in [4.69, 9.17) is 28.4 Å². The average molecular weight is 1020 g/mol. The van der Waals surface area contributed by atoms with Crippen LogP contribution < -0.4 is 49.3 Å². The zero-order valence-corrected chi connectivity index (χ0v) is 42.3. The lowest BCUT2D eigenvalue weighted by Gasteiger charge is -2.36. The second-order valence-corrected chi connectivity index (χ2v) is 18.9. The highest BCUT2D eigenvalue weighted by molar-refractivity contribution is 5.58. The third kappa shape index (κ3) is 11.8. The Morgan fingerprint density at radius 3 is 1.13 bits per heavy atom. The lowest BCUT2D eigenvalue weighted by Crippen LogP contribution is -2.46. The predicted octanol–water partition coefficient (Wildman–Crippen LogP) is 7.81. The number of aromatic nitrogens is 4. The van der Waals surface area contributed by atoms with Crippen LogP contribution >= 0.6 is 0 Å². The van der Waals surface area contributed by atoms with Crippen molar-refractivity contribution in [3.8, 4) is 45.9 Å². The quantitative estimate of drug-likeness (QED) is 0.105. The first kappa shape index (κ1) is 49.6. The van der Waals surface area contributed by atoms with Gasteiger partial charge in [-0.05, 0) is 70.8 Å². The Hall–Kier alpha value is -8.60. The largest absolute Gasteiger partial charge is 0.486 e. The monoisotopic (exact) mass is 1020 g/mol. The molecule has 4 aliphatic rings. The molecule has 0 bridgehead atoms. The van der Waals surface area contributed by atoms with Gasteiger partial charge in [-0.2, -0.15) is 19.6 Å². The maximum absolute atomic E-state index is 13.6. The summed E-state index contributed by atoms with van der Waals surface area (Å²) in [5.41, 5.74) is 6.76. The second kappa shape index (κ2) is 23.7. The number of fused-ring (bicyclic) bond motifs is 2. The number of piperazine rings is 2. The lowest BCUT2D eigenvalue weighted by molar-refractivity contribution is 0.171. The molecule has 4 aliphatic heterocycles. The normalized spacial score (nSPS) is 15.3. The number of anilines is 2. The number of hydrogen-bond acceptors (Lipinski definition) is 14. The number of benzene rings is 6. The molecule has 0 atom stereocenters. The molecule has 0 radical (unpaired) electrons. The summed E-state index contributed by atoms with van der Waals surface area (Å²) in [7, 11) is 0. The summed E-state index contributed by atoms with van der Waals surface area (Å²) >= 11 is 0. The molecule has 16 heteroatoms. The van der Waals surface area contributed by atoms with Crippen molar-refractivity contribution in [2.45, 2.75) is 26.3 Å². The van der Waals surface area contributed by atoms with E-state index in [-0.39, 0.29) is 11.1 Å². The zero-order chi connectivity index (χ0) is 51.5. The van der Waals surface area contributed by atoms with Crippen molar-refractivity contribution >= 4 is 11.4 Å². The Kier molecular flexibility index (Phi) is 15.5. The summed E-state index contributed by atoms with van der Waals surface area (Å²) in [4.78, 5) is 36.4. The molecule has 2 saturated heterocycles. The van der Waals surface area contributed by atoms with Crippen LogP contribution in [0.2, 0.25) is 0 Å². The van der Waals surface area contributed by atoms with Gasteiger partial charge < -0.3 is 38.2 Å². The van der Waals surface area contributed by atoms with Gasteiger partial charge in [0.05, 0.1) is 23.8 Å². The summed E-state index contributed by atoms with van der Waals surface area (Å²) in [5, 5.41) is 9.02. The van der Waals surface area contributed by atoms with Gasteiger partial charge in [0.2, 0.25) is 11.5 Å². The number of hydrogen-bond donors (Lipinski definition) is 0. The van der Waals surface area contributed by atoms with Gasteiger partial charge >= 0.3 is 11.1 Å². The SMILES string of the molecule is O=c1c(OCc2ccccc2)c(N2CCN(Cc3ccc4c(c3)OCCO4)CC2)cnn1-c1ccccc1.O=c1c(OCc2ccccc2)c(N2CCN(Cc3ccc4c(c3)OCCO4)CC2)cnn1-c1ccccc1. The Balaban J connectivity index is 0.000000162. The van der Waals surface area contributed by atoms with Crippen molar-refractivity contribution in [1.82, 2.24) is 29.4 Å². The van der Waals surface area contributed by atoms with E-state index in [1.807, 2.05) is 133 Å². The molecule has 0 unspecified atom stereocenters. The van der Waals surface area contributed by atoms with Crippen molar-refractivity contribution in [3.05, 3.63) is 213 Å². The van der Waals surface area contributed by atoms with Gasteiger partial charge in [-0.1, -0.05) is 109 Å². The van der Waals surface area contributed by atoms with E-state index in [9.17, 15) is 9.59 Å². The van der Waals surface area contributed by atoms with E-state index in [2.05, 4.69) is 54.1 Å². The highest BCUT2D eigenvalue weighted by Crippen LogP contribution is 2.34. The minimum absolute atomic E-state index is 0.261. The molecule has 2 fully saturated rings. The van der Waals surface area contributed by atoms with E-state index >= 15 is 0 Å². The minimum atomic E-state index is -0.261. The van der Waals surface area contributed by atoms with Gasteiger partial charge in [0.15, 0.2) is 23.0 Å². The molecular weight excluding hydrogens is 961 g/mol. The third-order valence-electron chi connectivity index (χ3n) is 13.7. The molecule has 6 heterocycles. The number of ether oxygens (including phenoxy) is 6. The molecule has 0 spiro atoms. The molecule has 0 N–H and O–H groups in total. The molecule has 0 saturated carbocycles. The predicted molar refractivity (Wildman–Crippen MR) is 291 cm³/mol. The van der Waals surface area contributed by atoms with Crippen LogP contribution in [-0.4, -0.2) is 108 Å². The van der Waals surface area contributed by atoms with E-state index < -0.39 is 0 Å². The van der Waals surface area contributed by atoms with Crippen LogP contribution in [0.25, 0.3) is 11.4 Å². The Morgan fingerprint density at radius 1 is 0.395 bits per heavy atom. The van der Waals surface area contributed by atoms with Gasteiger partial charge in [0, 0.05) is 65.4 Å². The van der Waals surface area contributed by atoms with Crippen molar-refractivity contribution in [3.63, 3.8) is 0 Å². The fourth-order valence-electron chi connectivity index (χ4n) is 9.73. The molecule has 388 valence electrons. The first-order valence-corrected chi connectivity index (χ1v) is 25.9. The molecule has 16 nitrogen and oxygen atoms in total.